The van der Waals surface area contributed by atoms with Gasteiger partial charge in [-0.05, 0) is 23.3 Å². The zero-order valence-electron chi connectivity index (χ0n) is 13.4. The number of nitrogens with one attached hydrogen (secondary N) is 1. The third-order valence-electron chi connectivity index (χ3n) is 3.26. The summed E-state index contributed by atoms with van der Waals surface area (Å²) in [4.78, 5) is 7.14. The molecule has 0 amide bonds. The summed E-state index contributed by atoms with van der Waals surface area (Å²) in [6.07, 6.45) is 7.12. The maximum Gasteiger partial charge on any atom is 0.350 e. The largest absolute Gasteiger partial charge is 0.350 e. The van der Waals surface area contributed by atoms with Crippen molar-refractivity contribution in [2.24, 2.45) is 34.5 Å². The molecule has 0 aliphatic rings. The molecule has 0 fully saturated rings. The molecule has 3 heterocycles. The van der Waals surface area contributed by atoms with Crippen LogP contribution in [0.2, 0.25) is 0 Å². The quantitative estimate of drug-likeness (QED) is 0.257. The number of aromatic amines is 1. The lowest BCUT2D eigenvalue weighted by Crippen LogP contribution is -2.26. The van der Waals surface area contributed by atoms with Gasteiger partial charge in [0.15, 0.2) is 11.3 Å². The second kappa shape index (κ2) is 7.23. The van der Waals surface area contributed by atoms with E-state index in [0.29, 0.717) is 23.0 Å². The number of H-pyrrole nitrogens is 1. The summed E-state index contributed by atoms with van der Waals surface area (Å²) < 4.78 is 3.72. The molecule has 0 saturated heterocycles. The van der Waals surface area contributed by atoms with E-state index >= 15 is 0 Å². The fourth-order valence-corrected chi connectivity index (χ4v) is 1.94. The minimum atomic E-state index is 0.299. The van der Waals surface area contributed by atoms with Crippen molar-refractivity contribution in [2.45, 2.75) is 0 Å². The van der Waals surface area contributed by atoms with Gasteiger partial charge < -0.3 is 9.55 Å². The highest BCUT2D eigenvalue weighted by atomic mass is 15.3. The fraction of sp³-hybridized carbons (Fsp3) is 0.125. The topological polar surface area (TPSA) is 86.9 Å². The number of imidazole rings is 1. The van der Waals surface area contributed by atoms with Crippen molar-refractivity contribution in [3.05, 3.63) is 72.5 Å². The number of hydrogen-bond donors (Lipinski definition) is 1. The Morgan fingerprint density at radius 3 is 2.83 bits per heavy atom. The first-order chi connectivity index (χ1) is 11.7. The second-order valence-electron chi connectivity index (χ2n) is 5.00. The average molecular weight is 321 g/mol. The molecule has 0 aliphatic carbocycles. The Morgan fingerprint density at radius 2 is 2.08 bits per heavy atom. The molecule has 24 heavy (non-hydrogen) atoms. The number of azo groups is 1. The van der Waals surface area contributed by atoms with E-state index in [9.17, 15) is 0 Å². The number of amidine groups is 1. The zero-order valence-corrected chi connectivity index (χ0v) is 13.4. The molecule has 8 nitrogen and oxygen atoms in total. The summed E-state index contributed by atoms with van der Waals surface area (Å²) in [5, 5.41) is 16.9. The summed E-state index contributed by atoms with van der Waals surface area (Å²) in [6, 6.07) is 11.4. The number of hydrogen-bond acceptors (Lipinski definition) is 4. The summed E-state index contributed by atoms with van der Waals surface area (Å²) in [6.45, 7) is 0. The molecule has 0 aromatic carbocycles. The molecule has 0 aliphatic heterocycles. The first kappa shape index (κ1) is 15.5. The molecule has 0 atom stereocenters. The third kappa shape index (κ3) is 3.67. The zero-order chi connectivity index (χ0) is 16.8. The first-order valence-corrected chi connectivity index (χ1v) is 7.33. The normalized spacial score (nSPS) is 12.9. The molecular formula is C16H17N8+. The minimum absolute atomic E-state index is 0.299. The highest BCUT2D eigenvalue weighted by Crippen LogP contribution is 2.05. The summed E-state index contributed by atoms with van der Waals surface area (Å²) in [7, 11) is 3.79. The summed E-state index contributed by atoms with van der Waals surface area (Å²) >= 11 is 0. The number of aryl methyl sites for hydroxylation is 2. The summed E-state index contributed by atoms with van der Waals surface area (Å²) in [5.41, 5.74) is 0.696. The highest BCUT2D eigenvalue weighted by Gasteiger charge is 2.10. The van der Waals surface area contributed by atoms with Crippen LogP contribution in [0.1, 0.15) is 5.82 Å². The van der Waals surface area contributed by atoms with Crippen LogP contribution in [0.3, 0.4) is 0 Å². The molecule has 0 radical (unpaired) electrons. The van der Waals surface area contributed by atoms with E-state index in [-0.39, 0.29) is 0 Å². The fourth-order valence-electron chi connectivity index (χ4n) is 1.94. The van der Waals surface area contributed by atoms with Gasteiger partial charge in [-0.2, -0.15) is 0 Å². The first-order valence-electron chi connectivity index (χ1n) is 7.33. The van der Waals surface area contributed by atoms with Crippen LogP contribution >= 0.6 is 0 Å². The van der Waals surface area contributed by atoms with E-state index in [2.05, 4.69) is 30.4 Å². The van der Waals surface area contributed by atoms with Gasteiger partial charge in [0.2, 0.25) is 0 Å². The molecule has 0 saturated carbocycles. The van der Waals surface area contributed by atoms with Crippen molar-refractivity contribution in [3.8, 4) is 0 Å². The van der Waals surface area contributed by atoms with Crippen LogP contribution in [0.25, 0.3) is 0 Å². The maximum absolute atomic E-state index is 4.23. The number of rotatable bonds is 3. The lowest BCUT2D eigenvalue weighted by atomic mass is 10.4. The van der Waals surface area contributed by atoms with Crippen LogP contribution in [-0.2, 0) is 14.1 Å². The Hall–Kier alpha value is -3.42. The predicted octanol–water partition coefficient (Wildman–Crippen LogP) is 1.62. The molecule has 8 heteroatoms. The molecular weight excluding hydrogens is 304 g/mol. The standard InChI is InChI=1S/C16H17N8/c1-23-11-5-3-7-13(23)19-21-16(15-17-9-10-18-15)22-20-14-8-4-6-12-24(14)2/h3-12H,1-2H3,(H,17,18)/q+1. The van der Waals surface area contributed by atoms with E-state index in [1.54, 1.807) is 12.4 Å². The van der Waals surface area contributed by atoms with Gasteiger partial charge in [-0.15, -0.1) is 10.2 Å². The van der Waals surface area contributed by atoms with Crippen LogP contribution in [0.5, 0.6) is 0 Å². The smallest absolute Gasteiger partial charge is 0.342 e. The average Bonchev–Trinajstić information content (AvgIpc) is 3.12. The second-order valence-corrected chi connectivity index (χ2v) is 5.00. The monoisotopic (exact) mass is 321 g/mol. The van der Waals surface area contributed by atoms with Gasteiger partial charge in [-0.25, -0.2) is 9.55 Å². The van der Waals surface area contributed by atoms with Gasteiger partial charge >= 0.3 is 5.82 Å². The van der Waals surface area contributed by atoms with Gasteiger partial charge in [-0.3, -0.25) is 0 Å². The van der Waals surface area contributed by atoms with Crippen LogP contribution in [0.15, 0.2) is 81.6 Å². The Bertz CT molecular complexity index is 934. The molecule has 3 aromatic rings. The van der Waals surface area contributed by atoms with Gasteiger partial charge in [0.1, 0.15) is 0 Å². The Morgan fingerprint density at radius 1 is 1.21 bits per heavy atom. The Kier molecular flexibility index (Phi) is 4.66. The van der Waals surface area contributed by atoms with E-state index in [4.69, 9.17) is 0 Å². The third-order valence-corrected chi connectivity index (χ3v) is 3.26. The lowest BCUT2D eigenvalue weighted by Gasteiger charge is -1.95. The SMILES string of the molecule is Cn1cccc/c1=N/N=C(/N=N/c1cccc[n+]1C)c1ncc[nH]1. The molecule has 0 bridgehead atoms. The molecule has 0 spiro atoms. The number of pyridine rings is 2. The van der Waals surface area contributed by atoms with Crippen molar-refractivity contribution in [1.29, 1.82) is 0 Å². The van der Waals surface area contributed by atoms with Gasteiger partial charge in [-0.1, -0.05) is 12.1 Å². The van der Waals surface area contributed by atoms with Crippen molar-refractivity contribution in [1.82, 2.24) is 14.5 Å². The molecule has 120 valence electrons. The molecule has 3 rings (SSSR count). The lowest BCUT2D eigenvalue weighted by molar-refractivity contribution is -0.658. The van der Waals surface area contributed by atoms with E-state index in [0.717, 1.165) is 0 Å². The van der Waals surface area contributed by atoms with E-state index < -0.39 is 0 Å². The number of nitrogens with zero attached hydrogens (tertiary/aromatic N) is 7. The van der Waals surface area contributed by atoms with Crippen LogP contribution in [-0.4, -0.2) is 20.4 Å². The van der Waals surface area contributed by atoms with E-state index in [1.807, 2.05) is 72.0 Å². The Balaban J connectivity index is 1.99. The summed E-state index contributed by atoms with van der Waals surface area (Å²) in [5.74, 6) is 1.49. The van der Waals surface area contributed by atoms with Crippen molar-refractivity contribution < 1.29 is 4.57 Å². The van der Waals surface area contributed by atoms with Gasteiger partial charge in [0.25, 0.3) is 5.84 Å². The van der Waals surface area contributed by atoms with E-state index in [1.165, 1.54) is 0 Å². The van der Waals surface area contributed by atoms with Gasteiger partial charge in [0, 0.05) is 31.7 Å². The van der Waals surface area contributed by atoms with Crippen LogP contribution in [0.4, 0.5) is 5.82 Å². The predicted molar refractivity (Wildman–Crippen MR) is 88.2 cm³/mol. The van der Waals surface area contributed by atoms with Crippen LogP contribution < -0.4 is 10.1 Å². The number of aromatic nitrogens is 4. The maximum atomic E-state index is 4.23. The molecule has 0 unspecified atom stereocenters. The van der Waals surface area contributed by atoms with Crippen LogP contribution in [0, 0.1) is 0 Å². The van der Waals surface area contributed by atoms with Crippen molar-refractivity contribution in [3.63, 3.8) is 0 Å². The highest BCUT2D eigenvalue weighted by molar-refractivity contribution is 5.95. The van der Waals surface area contributed by atoms with Crippen molar-refractivity contribution in [2.75, 3.05) is 0 Å². The molecule has 3 aromatic heterocycles. The van der Waals surface area contributed by atoms with Crippen molar-refractivity contribution >= 4 is 11.7 Å². The Labute approximate surface area is 138 Å². The molecule has 1 N–H and O–H groups in total. The van der Waals surface area contributed by atoms with Gasteiger partial charge in [0.05, 0.1) is 18.4 Å². The minimum Gasteiger partial charge on any atom is -0.342 e.